The van der Waals surface area contributed by atoms with Gasteiger partial charge in [-0.15, -0.1) is 0 Å². The van der Waals surface area contributed by atoms with Crippen LogP contribution in [0.25, 0.3) is 10.4 Å². The van der Waals surface area contributed by atoms with Gasteiger partial charge < -0.3 is 15.2 Å². The monoisotopic (exact) mass is 496 g/mol. The van der Waals surface area contributed by atoms with Crippen molar-refractivity contribution in [3.8, 4) is 0 Å². The van der Waals surface area contributed by atoms with Crippen LogP contribution in [0, 0.1) is 0 Å². The minimum atomic E-state index is -1.11. The Kier molecular flexibility index (Phi) is 19.7. The Hall–Kier alpha value is -2.28. The molecule has 35 heavy (non-hydrogen) atoms. The molecule has 0 aromatic rings. The summed E-state index contributed by atoms with van der Waals surface area (Å²) < 4.78 is 5.32. The fourth-order valence-electron chi connectivity index (χ4n) is 3.82. The maximum absolute atomic E-state index is 11.9. The maximum atomic E-state index is 11.9. The van der Waals surface area contributed by atoms with Crippen LogP contribution in [0.5, 0.6) is 0 Å². The lowest BCUT2D eigenvalue weighted by Crippen LogP contribution is -2.41. The number of carboxylic acid groups (broad SMARTS) is 1. The normalized spacial score (nSPS) is 12.0. The molecule has 0 spiro atoms. The minimum Gasteiger partial charge on any atom is -0.480 e. The topological polar surface area (TPSA) is 141 Å². The molecular weight excluding hydrogens is 448 g/mol. The summed E-state index contributed by atoms with van der Waals surface area (Å²) >= 11 is 0. The Morgan fingerprint density at radius 3 is 1.66 bits per heavy atom. The molecule has 0 fully saturated rings. The Morgan fingerprint density at radius 2 is 1.26 bits per heavy atom. The number of aliphatic carboxylic acids is 1. The smallest absolute Gasteiger partial charge is 0.326 e. The number of esters is 1. The quantitative estimate of drug-likeness (QED) is 0.0554. The van der Waals surface area contributed by atoms with Gasteiger partial charge in [0, 0.05) is 24.3 Å². The van der Waals surface area contributed by atoms with Crippen molar-refractivity contribution in [2.75, 3.05) is 6.54 Å². The van der Waals surface area contributed by atoms with Crippen molar-refractivity contribution in [1.29, 1.82) is 0 Å². The number of azide groups is 1. The lowest BCUT2D eigenvalue weighted by atomic mass is 10.0. The number of carboxylic acids is 1. The number of nitrogens with zero attached hydrogens (tertiary/aromatic N) is 3. The Morgan fingerprint density at radius 1 is 0.829 bits per heavy atom. The van der Waals surface area contributed by atoms with Crippen molar-refractivity contribution < 1.29 is 24.2 Å². The van der Waals surface area contributed by atoms with Crippen LogP contribution in [-0.2, 0) is 19.1 Å². The molecule has 1 unspecified atom stereocenters. The average Bonchev–Trinajstić information content (AvgIpc) is 2.76. The SMILES string of the molecule is CC(C)(C)OC(=O)CCCCCCCCCCCCCCCCC(=O)NC(CCN=[N+]=[N-])C(=O)O. The van der Waals surface area contributed by atoms with Crippen LogP contribution in [0.1, 0.15) is 130 Å². The Labute approximate surface area is 211 Å². The summed E-state index contributed by atoms with van der Waals surface area (Å²) in [6.45, 7) is 5.74. The number of unbranched alkanes of at least 4 members (excludes halogenated alkanes) is 13. The van der Waals surface area contributed by atoms with Gasteiger partial charge in [0.15, 0.2) is 0 Å². The number of hydrogen-bond donors (Lipinski definition) is 2. The standard InChI is InChI=1S/C26H48N4O5/c1-26(2,3)35-24(32)19-17-15-13-11-9-7-5-4-6-8-10-12-14-16-18-23(31)29-22(25(33)34)20-21-28-30-27/h22H,4-21H2,1-3H3,(H,29,31)(H,33,34). The van der Waals surface area contributed by atoms with Crippen LogP contribution in [-0.4, -0.2) is 41.1 Å². The summed E-state index contributed by atoms with van der Waals surface area (Å²) in [5.41, 5.74) is 7.86. The van der Waals surface area contributed by atoms with E-state index in [2.05, 4.69) is 15.3 Å². The van der Waals surface area contributed by atoms with E-state index in [4.69, 9.17) is 15.4 Å². The number of rotatable bonds is 22. The molecule has 0 saturated heterocycles. The molecule has 1 atom stereocenters. The second kappa shape index (κ2) is 21.0. The van der Waals surface area contributed by atoms with E-state index in [1.54, 1.807) is 0 Å². The molecule has 0 aliphatic heterocycles. The molecular formula is C26H48N4O5. The van der Waals surface area contributed by atoms with E-state index in [1.807, 2.05) is 20.8 Å². The first-order chi connectivity index (χ1) is 16.7. The molecule has 0 aliphatic rings. The first-order valence-corrected chi connectivity index (χ1v) is 13.4. The van der Waals surface area contributed by atoms with E-state index in [-0.39, 0.29) is 30.4 Å². The highest BCUT2D eigenvalue weighted by Crippen LogP contribution is 2.15. The van der Waals surface area contributed by atoms with Gasteiger partial charge in [0.05, 0.1) is 0 Å². The van der Waals surface area contributed by atoms with Crippen molar-refractivity contribution >= 4 is 17.8 Å². The van der Waals surface area contributed by atoms with Crippen molar-refractivity contribution in [1.82, 2.24) is 5.32 Å². The second-order valence-electron chi connectivity index (χ2n) is 10.2. The highest BCUT2D eigenvalue weighted by Gasteiger charge is 2.18. The molecule has 0 aliphatic carbocycles. The van der Waals surface area contributed by atoms with Crippen LogP contribution in [0.4, 0.5) is 0 Å². The van der Waals surface area contributed by atoms with E-state index in [0.717, 1.165) is 32.1 Å². The highest BCUT2D eigenvalue weighted by atomic mass is 16.6. The molecule has 202 valence electrons. The average molecular weight is 497 g/mol. The van der Waals surface area contributed by atoms with E-state index in [1.165, 1.54) is 57.8 Å². The van der Waals surface area contributed by atoms with Crippen molar-refractivity contribution in [2.24, 2.45) is 5.11 Å². The molecule has 1 amide bonds. The minimum absolute atomic E-state index is 0.0468. The molecule has 0 saturated carbocycles. The second-order valence-corrected chi connectivity index (χ2v) is 10.2. The number of carbonyl (C=O) groups excluding carboxylic acids is 2. The van der Waals surface area contributed by atoms with Gasteiger partial charge in [-0.2, -0.15) is 0 Å². The van der Waals surface area contributed by atoms with E-state index < -0.39 is 12.0 Å². The van der Waals surface area contributed by atoms with Gasteiger partial charge in [-0.1, -0.05) is 82.2 Å². The molecule has 0 radical (unpaired) electrons. The van der Waals surface area contributed by atoms with Gasteiger partial charge in [-0.05, 0) is 45.6 Å². The predicted molar refractivity (Wildman–Crippen MR) is 138 cm³/mol. The van der Waals surface area contributed by atoms with E-state index in [9.17, 15) is 14.4 Å². The fraction of sp³-hybridized carbons (Fsp3) is 0.885. The summed E-state index contributed by atoms with van der Waals surface area (Å²) in [4.78, 5) is 37.3. The van der Waals surface area contributed by atoms with E-state index >= 15 is 0 Å². The Bertz CT molecular complexity index is 642. The molecule has 0 aromatic heterocycles. The summed E-state index contributed by atoms with van der Waals surface area (Å²) in [5.74, 6) is -1.46. The van der Waals surface area contributed by atoms with Crippen LogP contribution in [0.15, 0.2) is 5.11 Å². The van der Waals surface area contributed by atoms with Gasteiger partial charge in [0.2, 0.25) is 5.91 Å². The number of amides is 1. The van der Waals surface area contributed by atoms with Gasteiger partial charge in [0.1, 0.15) is 11.6 Å². The fourth-order valence-corrected chi connectivity index (χ4v) is 3.82. The Balaban J connectivity index is 3.45. The van der Waals surface area contributed by atoms with Crippen LogP contribution in [0.3, 0.4) is 0 Å². The third-order valence-corrected chi connectivity index (χ3v) is 5.67. The zero-order valence-electron chi connectivity index (χ0n) is 22.2. The molecule has 0 bridgehead atoms. The zero-order chi connectivity index (χ0) is 26.4. The summed E-state index contributed by atoms with van der Waals surface area (Å²) in [5, 5.41) is 14.9. The maximum Gasteiger partial charge on any atom is 0.326 e. The summed E-state index contributed by atoms with van der Waals surface area (Å²) in [7, 11) is 0. The third kappa shape index (κ3) is 23.2. The third-order valence-electron chi connectivity index (χ3n) is 5.67. The van der Waals surface area contributed by atoms with Crippen LogP contribution < -0.4 is 5.32 Å². The lowest BCUT2D eigenvalue weighted by Gasteiger charge is -2.19. The van der Waals surface area contributed by atoms with Crippen molar-refractivity contribution in [3.05, 3.63) is 10.4 Å². The molecule has 0 aromatic carbocycles. The van der Waals surface area contributed by atoms with Gasteiger partial charge in [0.25, 0.3) is 0 Å². The van der Waals surface area contributed by atoms with E-state index in [0.29, 0.717) is 12.8 Å². The number of nitrogens with one attached hydrogen (secondary N) is 1. The van der Waals surface area contributed by atoms with Gasteiger partial charge in [-0.3, -0.25) is 9.59 Å². The molecule has 9 nitrogen and oxygen atoms in total. The molecule has 9 heteroatoms. The van der Waals surface area contributed by atoms with Crippen LogP contribution >= 0.6 is 0 Å². The lowest BCUT2D eigenvalue weighted by molar-refractivity contribution is -0.155. The summed E-state index contributed by atoms with van der Waals surface area (Å²) in [6.07, 6.45) is 16.9. The highest BCUT2D eigenvalue weighted by molar-refractivity contribution is 5.83. The summed E-state index contributed by atoms with van der Waals surface area (Å²) in [6, 6.07) is -1.00. The first kappa shape index (κ1) is 32.7. The van der Waals surface area contributed by atoms with Gasteiger partial charge in [-0.25, -0.2) is 4.79 Å². The molecule has 0 heterocycles. The predicted octanol–water partition coefficient (Wildman–Crippen LogP) is 6.84. The molecule has 0 rings (SSSR count). The zero-order valence-corrected chi connectivity index (χ0v) is 22.2. The van der Waals surface area contributed by atoms with Gasteiger partial charge >= 0.3 is 11.9 Å². The molecule has 2 N–H and O–H groups in total. The largest absolute Gasteiger partial charge is 0.480 e. The number of ether oxygens (including phenoxy) is 1. The van der Waals surface area contributed by atoms with Crippen molar-refractivity contribution in [3.63, 3.8) is 0 Å². The number of carbonyl (C=O) groups is 3. The van der Waals surface area contributed by atoms with Crippen molar-refractivity contribution in [2.45, 2.75) is 142 Å². The number of hydrogen-bond acceptors (Lipinski definition) is 5. The first-order valence-electron chi connectivity index (χ1n) is 13.4. The van der Waals surface area contributed by atoms with Crippen LogP contribution in [0.2, 0.25) is 0 Å².